The summed E-state index contributed by atoms with van der Waals surface area (Å²) in [6.07, 6.45) is 6.39. The first kappa shape index (κ1) is 11.7. The van der Waals surface area contributed by atoms with E-state index in [1.54, 1.807) is 0 Å². The Balaban J connectivity index is 2.57. The highest BCUT2D eigenvalue weighted by Crippen LogP contribution is 2.27. The molecule has 2 N–H and O–H groups in total. The number of carbonyl (C=O) groups is 1. The number of ketones is 1. The highest BCUT2D eigenvalue weighted by molar-refractivity contribution is 5.84. The van der Waals surface area contributed by atoms with Gasteiger partial charge in [0.05, 0.1) is 0 Å². The normalized spacial score (nSPS) is 28.0. The van der Waals surface area contributed by atoms with Crippen LogP contribution in [0.2, 0.25) is 0 Å². The maximum atomic E-state index is 12.1. The van der Waals surface area contributed by atoms with Gasteiger partial charge in [0, 0.05) is 17.9 Å². The molecule has 0 aromatic heterocycles. The first-order valence-corrected chi connectivity index (χ1v) is 6.00. The molecule has 0 aromatic carbocycles. The van der Waals surface area contributed by atoms with Gasteiger partial charge in [-0.1, -0.05) is 26.7 Å². The number of nitrogens with two attached hydrogens (primary N) is 1. The van der Waals surface area contributed by atoms with Gasteiger partial charge in [-0.15, -0.1) is 0 Å². The molecule has 0 amide bonds. The molecule has 2 nitrogen and oxygen atoms in total. The van der Waals surface area contributed by atoms with Crippen molar-refractivity contribution >= 4 is 5.78 Å². The van der Waals surface area contributed by atoms with Crippen LogP contribution in [0.1, 0.15) is 52.4 Å². The van der Waals surface area contributed by atoms with Gasteiger partial charge in [0.25, 0.3) is 0 Å². The quantitative estimate of drug-likeness (QED) is 0.752. The van der Waals surface area contributed by atoms with Crippen molar-refractivity contribution in [1.82, 2.24) is 0 Å². The zero-order valence-electron chi connectivity index (χ0n) is 9.46. The summed E-state index contributed by atoms with van der Waals surface area (Å²) in [4.78, 5) is 12.1. The van der Waals surface area contributed by atoms with Crippen LogP contribution in [-0.2, 0) is 4.79 Å². The molecule has 14 heavy (non-hydrogen) atoms. The summed E-state index contributed by atoms with van der Waals surface area (Å²) in [5.74, 6) is 0.847. The van der Waals surface area contributed by atoms with Crippen molar-refractivity contribution in [3.05, 3.63) is 0 Å². The lowest BCUT2D eigenvalue weighted by Crippen LogP contribution is -2.40. The first-order valence-electron chi connectivity index (χ1n) is 6.00. The van der Waals surface area contributed by atoms with E-state index < -0.39 is 0 Å². The summed E-state index contributed by atoms with van der Waals surface area (Å²) in [6.45, 7) is 4.20. The highest BCUT2D eigenvalue weighted by atomic mass is 16.1. The van der Waals surface area contributed by atoms with Crippen LogP contribution in [0.25, 0.3) is 0 Å². The first-order chi connectivity index (χ1) is 6.70. The lowest BCUT2D eigenvalue weighted by Gasteiger charge is -2.29. The standard InChI is InChI=1S/C12H23NO/c1-3-9(4-2)12(14)10-7-5-6-8-11(10)13/h9-11H,3-8,13H2,1-2H3. The van der Waals surface area contributed by atoms with Gasteiger partial charge >= 0.3 is 0 Å². The van der Waals surface area contributed by atoms with Gasteiger partial charge in [0.15, 0.2) is 0 Å². The summed E-state index contributed by atoms with van der Waals surface area (Å²) >= 11 is 0. The van der Waals surface area contributed by atoms with Crippen LogP contribution in [0.4, 0.5) is 0 Å². The lowest BCUT2D eigenvalue weighted by molar-refractivity contribution is -0.128. The van der Waals surface area contributed by atoms with E-state index in [0.29, 0.717) is 5.78 Å². The molecule has 0 aromatic rings. The van der Waals surface area contributed by atoms with Gasteiger partial charge in [0.2, 0.25) is 0 Å². The van der Waals surface area contributed by atoms with E-state index in [0.717, 1.165) is 25.7 Å². The smallest absolute Gasteiger partial charge is 0.140 e. The molecule has 0 heterocycles. The molecule has 0 aliphatic heterocycles. The van der Waals surface area contributed by atoms with E-state index in [2.05, 4.69) is 13.8 Å². The van der Waals surface area contributed by atoms with Crippen LogP contribution in [0.3, 0.4) is 0 Å². The molecule has 1 saturated carbocycles. The van der Waals surface area contributed by atoms with Crippen molar-refractivity contribution in [2.45, 2.75) is 58.4 Å². The zero-order chi connectivity index (χ0) is 10.6. The maximum absolute atomic E-state index is 12.1. The fourth-order valence-corrected chi connectivity index (χ4v) is 2.51. The van der Waals surface area contributed by atoms with Crippen molar-refractivity contribution in [2.24, 2.45) is 17.6 Å². The molecule has 1 fully saturated rings. The Bertz CT molecular complexity index is 187. The molecule has 0 radical (unpaired) electrons. The molecule has 1 rings (SSSR count). The lowest BCUT2D eigenvalue weighted by atomic mass is 9.77. The van der Waals surface area contributed by atoms with Crippen LogP contribution in [0, 0.1) is 11.8 Å². The topological polar surface area (TPSA) is 43.1 Å². The molecule has 82 valence electrons. The van der Waals surface area contributed by atoms with Gasteiger partial charge < -0.3 is 5.73 Å². The van der Waals surface area contributed by atoms with Crippen LogP contribution < -0.4 is 5.73 Å². The second kappa shape index (κ2) is 5.50. The van der Waals surface area contributed by atoms with Crippen LogP contribution in [-0.4, -0.2) is 11.8 Å². The zero-order valence-corrected chi connectivity index (χ0v) is 9.46. The number of hydrogen-bond donors (Lipinski definition) is 1. The minimum absolute atomic E-state index is 0.136. The number of rotatable bonds is 4. The molecule has 0 spiro atoms. The van der Waals surface area contributed by atoms with Crippen molar-refractivity contribution in [3.63, 3.8) is 0 Å². The molecule has 1 aliphatic carbocycles. The largest absolute Gasteiger partial charge is 0.327 e. The number of carbonyl (C=O) groups excluding carboxylic acids is 1. The van der Waals surface area contributed by atoms with Gasteiger partial charge in [-0.2, -0.15) is 0 Å². The Morgan fingerprint density at radius 3 is 2.36 bits per heavy atom. The molecular formula is C12H23NO. The second-order valence-corrected chi connectivity index (χ2v) is 4.47. The predicted molar refractivity (Wildman–Crippen MR) is 59.0 cm³/mol. The molecule has 1 aliphatic rings. The van der Waals surface area contributed by atoms with Crippen LogP contribution in [0.15, 0.2) is 0 Å². The number of hydrogen-bond acceptors (Lipinski definition) is 2. The van der Waals surface area contributed by atoms with Crippen molar-refractivity contribution in [2.75, 3.05) is 0 Å². The average Bonchev–Trinajstić information content (AvgIpc) is 2.20. The van der Waals surface area contributed by atoms with Gasteiger partial charge in [0.1, 0.15) is 5.78 Å². The fraction of sp³-hybridized carbons (Fsp3) is 0.917. The summed E-state index contributed by atoms with van der Waals surface area (Å²) in [6, 6.07) is 0.136. The average molecular weight is 197 g/mol. The van der Waals surface area contributed by atoms with E-state index in [4.69, 9.17) is 5.73 Å². The fourth-order valence-electron chi connectivity index (χ4n) is 2.51. The van der Waals surface area contributed by atoms with E-state index in [-0.39, 0.29) is 17.9 Å². The second-order valence-electron chi connectivity index (χ2n) is 4.47. The van der Waals surface area contributed by atoms with Crippen molar-refractivity contribution < 1.29 is 4.79 Å². The molecule has 2 heteroatoms. The Morgan fingerprint density at radius 2 is 1.86 bits per heavy atom. The summed E-state index contributed by atoms with van der Waals surface area (Å²) < 4.78 is 0. The molecule has 2 atom stereocenters. The third-order valence-electron chi connectivity index (χ3n) is 3.57. The van der Waals surface area contributed by atoms with Crippen LogP contribution >= 0.6 is 0 Å². The molecular weight excluding hydrogens is 174 g/mol. The SMILES string of the molecule is CCC(CC)C(=O)C1CCCCC1N. The third kappa shape index (κ3) is 2.57. The van der Waals surface area contributed by atoms with E-state index in [9.17, 15) is 4.79 Å². The Labute approximate surface area is 87.2 Å². The van der Waals surface area contributed by atoms with Crippen molar-refractivity contribution in [1.29, 1.82) is 0 Å². The van der Waals surface area contributed by atoms with E-state index >= 15 is 0 Å². The molecule has 0 saturated heterocycles. The molecule has 2 unspecified atom stereocenters. The van der Waals surface area contributed by atoms with Crippen molar-refractivity contribution in [3.8, 4) is 0 Å². The minimum Gasteiger partial charge on any atom is -0.327 e. The number of Topliss-reactive ketones (excluding diaryl/α,β-unsaturated/α-hetero) is 1. The Hall–Kier alpha value is -0.370. The third-order valence-corrected chi connectivity index (χ3v) is 3.57. The van der Waals surface area contributed by atoms with E-state index in [1.165, 1.54) is 12.8 Å². The van der Waals surface area contributed by atoms with Gasteiger partial charge in [-0.3, -0.25) is 4.79 Å². The summed E-state index contributed by atoms with van der Waals surface area (Å²) in [5.41, 5.74) is 6.01. The predicted octanol–water partition coefficient (Wildman–Crippen LogP) is 2.51. The highest BCUT2D eigenvalue weighted by Gasteiger charge is 2.31. The molecule has 0 bridgehead atoms. The summed E-state index contributed by atoms with van der Waals surface area (Å²) in [7, 11) is 0. The minimum atomic E-state index is 0.136. The van der Waals surface area contributed by atoms with E-state index in [1.807, 2.05) is 0 Å². The Kier molecular flexibility index (Phi) is 4.59. The summed E-state index contributed by atoms with van der Waals surface area (Å²) in [5, 5.41) is 0. The maximum Gasteiger partial charge on any atom is 0.140 e. The monoisotopic (exact) mass is 197 g/mol. The van der Waals surface area contributed by atoms with Gasteiger partial charge in [-0.05, 0) is 25.7 Å². The van der Waals surface area contributed by atoms with Crippen LogP contribution in [0.5, 0.6) is 0 Å². The van der Waals surface area contributed by atoms with Gasteiger partial charge in [-0.25, -0.2) is 0 Å². The Morgan fingerprint density at radius 1 is 1.29 bits per heavy atom.